The van der Waals surface area contributed by atoms with Gasteiger partial charge in [-0.05, 0) is 24.6 Å². The molecule has 0 radical (unpaired) electrons. The lowest BCUT2D eigenvalue weighted by atomic mass is 10.2. The van der Waals surface area contributed by atoms with Crippen LogP contribution >= 0.6 is 0 Å². The van der Waals surface area contributed by atoms with Crippen molar-refractivity contribution in [2.24, 2.45) is 0 Å². The summed E-state index contributed by atoms with van der Waals surface area (Å²) in [6, 6.07) is 1.57. The van der Waals surface area contributed by atoms with Crippen molar-refractivity contribution in [3.63, 3.8) is 0 Å². The van der Waals surface area contributed by atoms with Gasteiger partial charge in [0, 0.05) is 0 Å². The van der Waals surface area contributed by atoms with Crippen LogP contribution < -0.4 is 5.73 Å². The lowest BCUT2D eigenvalue weighted by molar-refractivity contribution is 0.471. The summed E-state index contributed by atoms with van der Waals surface area (Å²) in [5.74, 6) is 0.546. The lowest BCUT2D eigenvalue weighted by Gasteiger charge is -2.02. The van der Waals surface area contributed by atoms with Crippen LogP contribution in [0.5, 0.6) is 5.75 Å². The van der Waals surface area contributed by atoms with Gasteiger partial charge in [0.15, 0.2) is 0 Å². The highest BCUT2D eigenvalue weighted by molar-refractivity contribution is 5.56. The molecule has 0 aliphatic carbocycles. The van der Waals surface area contributed by atoms with Gasteiger partial charge in [0.05, 0.1) is 0 Å². The van der Waals surface area contributed by atoms with E-state index in [0.29, 0.717) is 11.5 Å². The third kappa shape index (κ3) is 1.32. The van der Waals surface area contributed by atoms with E-state index < -0.39 is 0 Å². The van der Waals surface area contributed by atoms with Crippen LogP contribution in [0.4, 0.5) is 5.82 Å². The van der Waals surface area contributed by atoms with Gasteiger partial charge < -0.3 is 10.8 Å². The van der Waals surface area contributed by atoms with Crippen molar-refractivity contribution in [2.75, 3.05) is 5.73 Å². The summed E-state index contributed by atoms with van der Waals surface area (Å²) in [4.78, 5) is 3.90. The quantitative estimate of drug-likeness (QED) is 0.634. The summed E-state index contributed by atoms with van der Waals surface area (Å²) in [6.07, 6.45) is 1.46. The summed E-state index contributed by atoms with van der Waals surface area (Å²) in [6.45, 7) is 5.27. The zero-order valence-electron chi connectivity index (χ0n) is 6.33. The predicted octanol–water partition coefficient (Wildman–Crippen LogP) is 1.32. The number of anilines is 1. The molecule has 0 unspecified atom stereocenters. The van der Waals surface area contributed by atoms with Gasteiger partial charge in [-0.15, -0.1) is 0 Å². The number of hydrogen-bond donors (Lipinski definition) is 2. The highest BCUT2D eigenvalue weighted by Crippen LogP contribution is 2.20. The first kappa shape index (κ1) is 7.60. The number of rotatable bonds is 1. The first-order valence-corrected chi connectivity index (χ1v) is 3.23. The van der Waals surface area contributed by atoms with Gasteiger partial charge in [-0.2, -0.15) is 0 Å². The van der Waals surface area contributed by atoms with Gasteiger partial charge >= 0.3 is 0 Å². The molecule has 3 heteroatoms. The molecule has 3 nitrogen and oxygen atoms in total. The number of aryl methyl sites for hydroxylation is 1. The Bertz CT molecular complexity index is 294. The van der Waals surface area contributed by atoms with Crippen LogP contribution in [0.15, 0.2) is 12.6 Å². The van der Waals surface area contributed by atoms with Gasteiger partial charge in [0.2, 0.25) is 0 Å². The van der Waals surface area contributed by atoms with Crippen molar-refractivity contribution in [2.45, 2.75) is 6.92 Å². The molecule has 11 heavy (non-hydrogen) atoms. The van der Waals surface area contributed by atoms with Crippen LogP contribution in [0.25, 0.3) is 6.08 Å². The van der Waals surface area contributed by atoms with E-state index >= 15 is 0 Å². The fourth-order valence-electron chi connectivity index (χ4n) is 0.778. The number of pyridine rings is 1. The van der Waals surface area contributed by atoms with E-state index in [-0.39, 0.29) is 5.75 Å². The topological polar surface area (TPSA) is 59.1 Å². The van der Waals surface area contributed by atoms with Gasteiger partial charge in [-0.25, -0.2) is 4.98 Å². The van der Waals surface area contributed by atoms with E-state index in [4.69, 9.17) is 5.73 Å². The average molecular weight is 150 g/mol. The zero-order valence-corrected chi connectivity index (χ0v) is 6.33. The molecule has 0 fully saturated rings. The molecule has 1 aromatic rings. The van der Waals surface area contributed by atoms with Gasteiger partial charge in [-0.1, -0.05) is 6.58 Å². The standard InChI is InChI=1S/C8H10N2O/c1-3-6-7(11)4-5(2)8(9)10-6/h3-4,11H,1H2,2H3,(H2,9,10). The molecule has 0 amide bonds. The molecule has 0 bridgehead atoms. The van der Waals surface area contributed by atoms with E-state index in [9.17, 15) is 5.11 Å². The Hall–Kier alpha value is -1.51. The molecule has 3 N–H and O–H groups in total. The summed E-state index contributed by atoms with van der Waals surface area (Å²) in [5, 5.41) is 9.23. The monoisotopic (exact) mass is 150 g/mol. The Morgan fingerprint density at radius 2 is 2.36 bits per heavy atom. The molecule has 1 rings (SSSR count). The largest absolute Gasteiger partial charge is 0.506 e. The molecule has 1 heterocycles. The highest BCUT2D eigenvalue weighted by atomic mass is 16.3. The van der Waals surface area contributed by atoms with Gasteiger partial charge in [0.25, 0.3) is 0 Å². The van der Waals surface area contributed by atoms with Crippen LogP contribution in [0.2, 0.25) is 0 Å². The van der Waals surface area contributed by atoms with Crippen molar-refractivity contribution >= 4 is 11.9 Å². The second-order valence-electron chi connectivity index (χ2n) is 2.30. The maximum Gasteiger partial charge on any atom is 0.141 e. The van der Waals surface area contributed by atoms with Crippen molar-refractivity contribution in [3.8, 4) is 5.75 Å². The van der Waals surface area contributed by atoms with Crippen molar-refractivity contribution in [1.82, 2.24) is 4.98 Å². The van der Waals surface area contributed by atoms with Crippen LogP contribution in [-0.4, -0.2) is 10.1 Å². The average Bonchev–Trinajstić information content (AvgIpc) is 1.97. The van der Waals surface area contributed by atoms with Crippen LogP contribution in [0.3, 0.4) is 0 Å². The minimum absolute atomic E-state index is 0.117. The number of aromatic hydroxyl groups is 1. The molecule has 0 saturated carbocycles. The molecule has 0 atom stereocenters. The Morgan fingerprint density at radius 3 is 2.91 bits per heavy atom. The molecular weight excluding hydrogens is 140 g/mol. The SMILES string of the molecule is C=Cc1nc(N)c(C)cc1O. The van der Waals surface area contributed by atoms with Crippen molar-refractivity contribution in [3.05, 3.63) is 23.9 Å². The summed E-state index contributed by atoms with van der Waals surface area (Å²) in [5.41, 5.74) is 6.69. The smallest absolute Gasteiger partial charge is 0.141 e. The first-order valence-electron chi connectivity index (χ1n) is 3.23. The Morgan fingerprint density at radius 1 is 1.73 bits per heavy atom. The molecule has 58 valence electrons. The van der Waals surface area contributed by atoms with Crippen LogP contribution in [-0.2, 0) is 0 Å². The maximum atomic E-state index is 9.23. The van der Waals surface area contributed by atoms with Gasteiger partial charge in [0.1, 0.15) is 17.3 Å². The third-order valence-corrected chi connectivity index (χ3v) is 1.45. The first-order chi connectivity index (χ1) is 5.15. The molecule has 0 aromatic carbocycles. The zero-order chi connectivity index (χ0) is 8.43. The predicted molar refractivity (Wildman–Crippen MR) is 45.1 cm³/mol. The van der Waals surface area contributed by atoms with Crippen molar-refractivity contribution in [1.29, 1.82) is 0 Å². The number of nitrogen functional groups attached to an aromatic ring is 1. The lowest BCUT2D eigenvalue weighted by Crippen LogP contribution is -1.95. The Balaban J connectivity index is 3.31. The Labute approximate surface area is 65.2 Å². The van der Waals surface area contributed by atoms with E-state index in [1.54, 1.807) is 13.0 Å². The van der Waals surface area contributed by atoms with E-state index in [0.717, 1.165) is 5.56 Å². The van der Waals surface area contributed by atoms with E-state index in [2.05, 4.69) is 11.6 Å². The number of nitrogens with two attached hydrogens (primary N) is 1. The summed E-state index contributed by atoms with van der Waals surface area (Å²) < 4.78 is 0. The summed E-state index contributed by atoms with van der Waals surface area (Å²) in [7, 11) is 0. The molecule has 0 aliphatic rings. The van der Waals surface area contributed by atoms with Crippen LogP contribution in [0, 0.1) is 6.92 Å². The fourth-order valence-corrected chi connectivity index (χ4v) is 0.778. The number of hydrogen-bond acceptors (Lipinski definition) is 3. The second kappa shape index (κ2) is 2.62. The minimum Gasteiger partial charge on any atom is -0.506 e. The summed E-state index contributed by atoms with van der Waals surface area (Å²) >= 11 is 0. The Kier molecular flexibility index (Phi) is 1.81. The van der Waals surface area contributed by atoms with Crippen LogP contribution in [0.1, 0.15) is 11.3 Å². The second-order valence-corrected chi connectivity index (χ2v) is 2.30. The van der Waals surface area contributed by atoms with E-state index in [1.807, 2.05) is 0 Å². The van der Waals surface area contributed by atoms with E-state index in [1.165, 1.54) is 6.08 Å². The highest BCUT2D eigenvalue weighted by Gasteiger charge is 2.01. The molecule has 0 spiro atoms. The minimum atomic E-state index is 0.117. The molecule has 1 aromatic heterocycles. The third-order valence-electron chi connectivity index (χ3n) is 1.45. The fraction of sp³-hybridized carbons (Fsp3) is 0.125. The maximum absolute atomic E-state index is 9.23. The number of nitrogens with zero attached hydrogens (tertiary/aromatic N) is 1. The molecule has 0 saturated heterocycles. The molecule has 0 aliphatic heterocycles. The number of aromatic nitrogens is 1. The molecular formula is C8H10N2O. The van der Waals surface area contributed by atoms with Crippen molar-refractivity contribution < 1.29 is 5.11 Å². The normalized spacial score (nSPS) is 9.55. The van der Waals surface area contributed by atoms with Gasteiger partial charge in [-0.3, -0.25) is 0 Å².